The summed E-state index contributed by atoms with van der Waals surface area (Å²) >= 11 is 0. The molecule has 1 aliphatic heterocycles. The molecule has 3 aliphatic carbocycles. The Morgan fingerprint density at radius 1 is 0.967 bits per heavy atom. The minimum absolute atomic E-state index is 0.0486. The molecule has 0 spiro atoms. The SMILES string of the molecule is CC.CC.CC(=O)CN1C(=O)C2CC3CCC4=C(CCCC4(C)C)C3(C)CC2C1=O. The molecule has 0 aromatic heterocycles. The number of carbonyl (C=O) groups is 3. The topological polar surface area (TPSA) is 54.5 Å². The van der Waals surface area contributed by atoms with Gasteiger partial charge in [0.1, 0.15) is 5.78 Å². The van der Waals surface area contributed by atoms with E-state index in [1.54, 1.807) is 11.1 Å². The van der Waals surface area contributed by atoms with Crippen LogP contribution in [-0.2, 0) is 14.4 Å². The molecule has 4 aliphatic rings. The Hall–Kier alpha value is -1.45. The Balaban J connectivity index is 0.000000757. The second-order valence-corrected chi connectivity index (χ2v) is 9.97. The van der Waals surface area contributed by atoms with Crippen LogP contribution in [0.2, 0.25) is 0 Å². The number of carbonyl (C=O) groups excluding carboxylic acids is 3. The van der Waals surface area contributed by atoms with E-state index in [1.165, 1.54) is 24.7 Å². The highest BCUT2D eigenvalue weighted by atomic mass is 16.2. The summed E-state index contributed by atoms with van der Waals surface area (Å²) in [5.41, 5.74) is 3.57. The predicted octanol–water partition coefficient (Wildman–Crippen LogP) is 5.95. The Labute approximate surface area is 183 Å². The molecule has 4 atom stereocenters. The zero-order valence-electron chi connectivity index (χ0n) is 20.6. The minimum Gasteiger partial charge on any atom is -0.298 e. The zero-order valence-corrected chi connectivity index (χ0v) is 20.6. The fourth-order valence-corrected chi connectivity index (χ4v) is 6.58. The van der Waals surface area contributed by atoms with Gasteiger partial charge in [-0.15, -0.1) is 0 Å². The normalized spacial score (nSPS) is 34.0. The van der Waals surface area contributed by atoms with E-state index in [4.69, 9.17) is 0 Å². The van der Waals surface area contributed by atoms with Crippen LogP contribution in [-0.4, -0.2) is 29.0 Å². The van der Waals surface area contributed by atoms with Crippen molar-refractivity contribution in [1.29, 1.82) is 0 Å². The number of nitrogens with zero attached hydrogens (tertiary/aromatic N) is 1. The van der Waals surface area contributed by atoms with Gasteiger partial charge in [0.2, 0.25) is 11.8 Å². The highest BCUT2D eigenvalue weighted by molar-refractivity contribution is 6.07. The van der Waals surface area contributed by atoms with Gasteiger partial charge in [-0.05, 0) is 68.6 Å². The van der Waals surface area contributed by atoms with Gasteiger partial charge < -0.3 is 0 Å². The van der Waals surface area contributed by atoms with E-state index in [9.17, 15) is 14.4 Å². The first-order chi connectivity index (χ1) is 14.1. The molecule has 4 heteroatoms. The number of allylic oxidation sites excluding steroid dienone is 2. The van der Waals surface area contributed by atoms with Crippen LogP contribution in [0.4, 0.5) is 0 Å². The second-order valence-electron chi connectivity index (χ2n) is 9.97. The Kier molecular flexibility index (Phi) is 7.74. The van der Waals surface area contributed by atoms with Crippen LogP contribution >= 0.6 is 0 Å². The molecule has 4 unspecified atom stereocenters. The van der Waals surface area contributed by atoms with Gasteiger partial charge in [-0.25, -0.2) is 0 Å². The fraction of sp³-hybridized carbons (Fsp3) is 0.808. The Bertz CT molecular complexity index is 720. The van der Waals surface area contributed by atoms with Gasteiger partial charge in [0.15, 0.2) is 0 Å². The van der Waals surface area contributed by atoms with Crippen LogP contribution in [0.15, 0.2) is 11.1 Å². The van der Waals surface area contributed by atoms with Gasteiger partial charge in [0, 0.05) is 0 Å². The van der Waals surface area contributed by atoms with Crippen LogP contribution in [0, 0.1) is 28.6 Å². The monoisotopic (exact) mass is 417 g/mol. The third-order valence-corrected chi connectivity index (χ3v) is 7.96. The van der Waals surface area contributed by atoms with Gasteiger partial charge in [-0.1, -0.05) is 59.6 Å². The van der Waals surface area contributed by atoms with E-state index >= 15 is 0 Å². The third-order valence-electron chi connectivity index (χ3n) is 7.96. The third kappa shape index (κ3) is 4.03. The quantitative estimate of drug-likeness (QED) is 0.412. The predicted molar refractivity (Wildman–Crippen MR) is 122 cm³/mol. The summed E-state index contributed by atoms with van der Waals surface area (Å²) in [6.07, 6.45) is 7.53. The molecule has 2 fully saturated rings. The van der Waals surface area contributed by atoms with E-state index in [-0.39, 0.29) is 46.8 Å². The average molecular weight is 418 g/mol. The maximum absolute atomic E-state index is 12.9. The average Bonchev–Trinajstić information content (AvgIpc) is 2.93. The molecular weight excluding hydrogens is 374 g/mol. The van der Waals surface area contributed by atoms with Crippen molar-refractivity contribution in [3.8, 4) is 0 Å². The highest BCUT2D eigenvalue weighted by Gasteiger charge is 2.58. The lowest BCUT2D eigenvalue weighted by atomic mass is 9.50. The molecule has 1 heterocycles. The van der Waals surface area contributed by atoms with Gasteiger partial charge in [-0.2, -0.15) is 0 Å². The number of ketones is 1. The number of fused-ring (bicyclic) bond motifs is 3. The van der Waals surface area contributed by atoms with E-state index in [0.717, 1.165) is 32.1 Å². The standard InChI is InChI=1S/C22H31NO3.2C2H6/c1-13(24)12-23-19(25)15-10-14-7-8-17-18(6-5-9-21(17,2)3)22(14,4)11-16(15)20(23)26;2*1-2/h14-16H,5-12H2,1-4H3;2*1-2H3. The van der Waals surface area contributed by atoms with Crippen molar-refractivity contribution in [3.63, 3.8) is 0 Å². The van der Waals surface area contributed by atoms with Crippen LogP contribution in [0.3, 0.4) is 0 Å². The molecule has 0 radical (unpaired) electrons. The Morgan fingerprint density at radius 3 is 2.17 bits per heavy atom. The molecule has 4 rings (SSSR count). The largest absolute Gasteiger partial charge is 0.298 e. The van der Waals surface area contributed by atoms with E-state index in [2.05, 4.69) is 20.8 Å². The van der Waals surface area contributed by atoms with E-state index in [1.807, 2.05) is 27.7 Å². The van der Waals surface area contributed by atoms with Gasteiger partial charge in [-0.3, -0.25) is 19.3 Å². The maximum atomic E-state index is 12.9. The van der Waals surface area contributed by atoms with Crippen molar-refractivity contribution in [1.82, 2.24) is 4.90 Å². The smallest absolute Gasteiger partial charge is 0.233 e. The summed E-state index contributed by atoms with van der Waals surface area (Å²) in [5.74, 6) is -0.240. The van der Waals surface area contributed by atoms with Gasteiger partial charge in [0.05, 0.1) is 18.4 Å². The molecular formula is C26H43NO3. The second kappa shape index (κ2) is 9.36. The van der Waals surface area contributed by atoms with Crippen LogP contribution in [0.5, 0.6) is 0 Å². The summed E-state index contributed by atoms with van der Waals surface area (Å²) in [6, 6.07) is 0. The molecule has 1 saturated heterocycles. The summed E-state index contributed by atoms with van der Waals surface area (Å²) in [5, 5.41) is 0. The minimum atomic E-state index is -0.222. The van der Waals surface area contributed by atoms with Crippen molar-refractivity contribution in [2.75, 3.05) is 6.54 Å². The summed E-state index contributed by atoms with van der Waals surface area (Å²) in [6.45, 7) is 16.5. The highest BCUT2D eigenvalue weighted by Crippen LogP contribution is 2.62. The molecule has 1 saturated carbocycles. The molecule has 0 bridgehead atoms. The molecule has 30 heavy (non-hydrogen) atoms. The number of likely N-dealkylation sites (tertiary alicyclic amines) is 1. The number of rotatable bonds is 2. The lowest BCUT2D eigenvalue weighted by Crippen LogP contribution is -2.46. The molecule has 170 valence electrons. The summed E-state index contributed by atoms with van der Waals surface area (Å²) in [4.78, 5) is 38.5. The molecule has 0 aromatic carbocycles. The maximum Gasteiger partial charge on any atom is 0.233 e. The number of Topliss-reactive ketones (excluding diaryl/α,β-unsaturated/α-hetero) is 1. The summed E-state index contributed by atoms with van der Waals surface area (Å²) in [7, 11) is 0. The van der Waals surface area contributed by atoms with Crippen molar-refractivity contribution in [3.05, 3.63) is 11.1 Å². The lowest BCUT2D eigenvalue weighted by molar-refractivity contribution is -0.142. The first-order valence-corrected chi connectivity index (χ1v) is 12.2. The molecule has 4 nitrogen and oxygen atoms in total. The van der Waals surface area contributed by atoms with Crippen molar-refractivity contribution >= 4 is 17.6 Å². The number of hydrogen-bond donors (Lipinski definition) is 0. The number of hydrogen-bond acceptors (Lipinski definition) is 3. The molecule has 0 N–H and O–H groups in total. The van der Waals surface area contributed by atoms with Crippen LogP contribution in [0.1, 0.15) is 100 Å². The van der Waals surface area contributed by atoms with Crippen LogP contribution < -0.4 is 0 Å². The van der Waals surface area contributed by atoms with E-state index in [0.29, 0.717) is 5.92 Å². The zero-order chi connectivity index (χ0) is 22.9. The van der Waals surface area contributed by atoms with E-state index < -0.39 is 0 Å². The summed E-state index contributed by atoms with van der Waals surface area (Å²) < 4.78 is 0. The number of imide groups is 1. The molecule has 2 amide bonds. The van der Waals surface area contributed by atoms with Crippen molar-refractivity contribution in [2.24, 2.45) is 28.6 Å². The van der Waals surface area contributed by atoms with Crippen molar-refractivity contribution in [2.45, 2.75) is 100 Å². The fourth-order valence-electron chi connectivity index (χ4n) is 6.58. The van der Waals surface area contributed by atoms with Gasteiger partial charge in [0.25, 0.3) is 0 Å². The van der Waals surface area contributed by atoms with Crippen molar-refractivity contribution < 1.29 is 14.4 Å². The lowest BCUT2D eigenvalue weighted by Gasteiger charge is -2.54. The Morgan fingerprint density at radius 2 is 1.57 bits per heavy atom. The first kappa shape index (κ1) is 24.8. The number of amides is 2. The van der Waals surface area contributed by atoms with Gasteiger partial charge >= 0.3 is 0 Å². The van der Waals surface area contributed by atoms with Crippen LogP contribution in [0.25, 0.3) is 0 Å². The first-order valence-electron chi connectivity index (χ1n) is 12.2. The molecule has 0 aromatic rings.